The van der Waals surface area contributed by atoms with E-state index in [0.717, 1.165) is 5.56 Å². The highest BCUT2D eigenvalue weighted by Gasteiger charge is 2.21. The van der Waals surface area contributed by atoms with Crippen molar-refractivity contribution >= 4 is 23.2 Å². The highest BCUT2D eigenvalue weighted by Crippen LogP contribution is 2.27. The lowest BCUT2D eigenvalue weighted by molar-refractivity contribution is 0.0737. The molecule has 0 aliphatic heterocycles. The highest BCUT2D eigenvalue weighted by molar-refractivity contribution is 6.31. The van der Waals surface area contributed by atoms with Crippen LogP contribution in [-0.2, 0) is 0 Å². The van der Waals surface area contributed by atoms with Gasteiger partial charge in [0.15, 0.2) is 0 Å². The molecule has 1 aromatic carbocycles. The zero-order chi connectivity index (χ0) is 14.7. The van der Waals surface area contributed by atoms with Crippen molar-refractivity contribution in [3.8, 4) is 0 Å². The summed E-state index contributed by atoms with van der Waals surface area (Å²) < 4.78 is 0. The van der Waals surface area contributed by atoms with E-state index in [1.165, 1.54) is 6.20 Å². The Hall–Kier alpha value is -2.07. The third-order valence-electron chi connectivity index (χ3n) is 3.26. The molecule has 0 saturated heterocycles. The molecule has 1 amide bonds. The molecule has 2 aromatic rings. The second-order valence-electron chi connectivity index (χ2n) is 4.59. The second kappa shape index (κ2) is 5.92. The van der Waals surface area contributed by atoms with Gasteiger partial charge in [-0.3, -0.25) is 9.78 Å². The molecule has 0 fully saturated rings. The maximum atomic E-state index is 12.4. The number of carbonyl (C=O) groups excluding carboxylic acids is 1. The molecule has 2 rings (SSSR count). The fourth-order valence-electron chi connectivity index (χ4n) is 1.94. The molecule has 1 atom stereocenters. The van der Waals surface area contributed by atoms with Crippen molar-refractivity contribution in [3.63, 3.8) is 0 Å². The normalized spacial score (nSPS) is 11.9. The summed E-state index contributed by atoms with van der Waals surface area (Å²) in [6.45, 7) is 1.92. The molecule has 1 aromatic heterocycles. The molecule has 0 spiro atoms. The minimum Gasteiger partial charge on any atom is -0.399 e. The van der Waals surface area contributed by atoms with Gasteiger partial charge in [-0.05, 0) is 30.7 Å². The van der Waals surface area contributed by atoms with Gasteiger partial charge >= 0.3 is 0 Å². The molecule has 2 N–H and O–H groups in total. The first kappa shape index (κ1) is 14.3. The second-order valence-corrected chi connectivity index (χ2v) is 5.00. The highest BCUT2D eigenvalue weighted by atomic mass is 35.5. The molecule has 5 heteroatoms. The first-order valence-corrected chi connectivity index (χ1v) is 6.61. The number of hydrogen-bond donors (Lipinski definition) is 1. The number of aromatic nitrogens is 1. The van der Waals surface area contributed by atoms with Crippen molar-refractivity contribution < 1.29 is 4.79 Å². The Morgan fingerprint density at radius 3 is 2.70 bits per heavy atom. The van der Waals surface area contributed by atoms with Crippen LogP contribution in [0.5, 0.6) is 0 Å². The maximum Gasteiger partial charge on any atom is 0.272 e. The quantitative estimate of drug-likeness (QED) is 0.944. The molecular weight excluding hydrogens is 274 g/mol. The van der Waals surface area contributed by atoms with E-state index in [0.29, 0.717) is 16.4 Å². The first-order chi connectivity index (χ1) is 9.50. The number of nitrogen functional groups attached to an aromatic ring is 1. The lowest BCUT2D eigenvalue weighted by Crippen LogP contribution is -2.30. The molecule has 1 heterocycles. The van der Waals surface area contributed by atoms with Crippen LogP contribution in [0.15, 0.2) is 42.6 Å². The SMILES string of the molecule is CC(c1ccccc1Cl)N(C)C(=O)c1cc(N)ccn1. The molecule has 4 nitrogen and oxygen atoms in total. The smallest absolute Gasteiger partial charge is 0.272 e. The van der Waals surface area contributed by atoms with Crippen molar-refractivity contribution in [1.82, 2.24) is 9.88 Å². The molecule has 20 heavy (non-hydrogen) atoms. The van der Waals surface area contributed by atoms with E-state index in [-0.39, 0.29) is 11.9 Å². The van der Waals surface area contributed by atoms with Crippen LogP contribution in [0.1, 0.15) is 29.0 Å². The van der Waals surface area contributed by atoms with Crippen LogP contribution in [0.2, 0.25) is 5.02 Å². The van der Waals surface area contributed by atoms with Crippen LogP contribution in [0.3, 0.4) is 0 Å². The summed E-state index contributed by atoms with van der Waals surface area (Å²) in [5, 5.41) is 0.639. The summed E-state index contributed by atoms with van der Waals surface area (Å²) in [5.74, 6) is -0.190. The Balaban J connectivity index is 2.25. The number of pyridine rings is 1. The van der Waals surface area contributed by atoms with Gasteiger partial charge in [0, 0.05) is 24.0 Å². The Morgan fingerprint density at radius 2 is 2.05 bits per heavy atom. The van der Waals surface area contributed by atoms with Gasteiger partial charge in [-0.25, -0.2) is 0 Å². The minimum absolute atomic E-state index is 0.153. The number of benzene rings is 1. The Bertz CT molecular complexity index is 630. The van der Waals surface area contributed by atoms with E-state index in [2.05, 4.69) is 4.98 Å². The summed E-state index contributed by atoms with van der Waals surface area (Å²) in [7, 11) is 1.72. The number of amides is 1. The number of nitrogens with zero attached hydrogens (tertiary/aromatic N) is 2. The summed E-state index contributed by atoms with van der Waals surface area (Å²) in [4.78, 5) is 18.0. The van der Waals surface area contributed by atoms with Gasteiger partial charge in [0.2, 0.25) is 0 Å². The largest absolute Gasteiger partial charge is 0.399 e. The standard InChI is InChI=1S/C15H16ClN3O/c1-10(12-5-3-4-6-13(12)16)19(2)15(20)14-9-11(17)7-8-18-14/h3-10H,1-2H3,(H2,17,18). The monoisotopic (exact) mass is 289 g/mol. The summed E-state index contributed by atoms with van der Waals surface area (Å²) in [6.07, 6.45) is 1.52. The Kier molecular flexibility index (Phi) is 4.25. The fraction of sp³-hybridized carbons (Fsp3) is 0.200. The van der Waals surface area contributed by atoms with E-state index in [1.54, 1.807) is 24.1 Å². The molecule has 0 aliphatic carbocycles. The molecule has 0 bridgehead atoms. The predicted molar refractivity (Wildman–Crippen MR) is 80.6 cm³/mol. The van der Waals surface area contributed by atoms with Crippen molar-refractivity contribution in [2.75, 3.05) is 12.8 Å². The van der Waals surface area contributed by atoms with Crippen LogP contribution in [0, 0.1) is 0 Å². The van der Waals surface area contributed by atoms with Crippen molar-refractivity contribution in [2.24, 2.45) is 0 Å². The summed E-state index contributed by atoms with van der Waals surface area (Å²) in [6, 6.07) is 10.5. The van der Waals surface area contributed by atoms with Crippen LogP contribution in [0.25, 0.3) is 0 Å². The summed E-state index contributed by atoms with van der Waals surface area (Å²) >= 11 is 6.17. The van der Waals surface area contributed by atoms with E-state index >= 15 is 0 Å². The topological polar surface area (TPSA) is 59.2 Å². The number of halogens is 1. The molecule has 0 aliphatic rings. The zero-order valence-corrected chi connectivity index (χ0v) is 12.1. The van der Waals surface area contributed by atoms with Gasteiger partial charge in [-0.2, -0.15) is 0 Å². The van der Waals surface area contributed by atoms with Gasteiger partial charge in [-0.1, -0.05) is 29.8 Å². The fourth-order valence-corrected chi connectivity index (χ4v) is 2.24. The number of hydrogen-bond acceptors (Lipinski definition) is 3. The Morgan fingerprint density at radius 1 is 1.35 bits per heavy atom. The third kappa shape index (κ3) is 2.91. The van der Waals surface area contributed by atoms with E-state index in [4.69, 9.17) is 17.3 Å². The Labute approximate surface area is 123 Å². The van der Waals surface area contributed by atoms with E-state index in [9.17, 15) is 4.79 Å². The third-order valence-corrected chi connectivity index (χ3v) is 3.60. The van der Waals surface area contributed by atoms with Crippen molar-refractivity contribution in [3.05, 3.63) is 58.9 Å². The maximum absolute atomic E-state index is 12.4. The minimum atomic E-state index is -0.190. The average molecular weight is 290 g/mol. The van der Waals surface area contributed by atoms with Crippen LogP contribution < -0.4 is 5.73 Å². The first-order valence-electron chi connectivity index (χ1n) is 6.24. The van der Waals surface area contributed by atoms with Gasteiger partial charge < -0.3 is 10.6 Å². The van der Waals surface area contributed by atoms with Crippen molar-refractivity contribution in [2.45, 2.75) is 13.0 Å². The van der Waals surface area contributed by atoms with Gasteiger partial charge in [0.1, 0.15) is 5.69 Å². The van der Waals surface area contributed by atoms with Crippen LogP contribution in [-0.4, -0.2) is 22.8 Å². The lowest BCUT2D eigenvalue weighted by atomic mass is 10.1. The molecule has 1 unspecified atom stereocenters. The number of rotatable bonds is 3. The number of anilines is 1. The molecular formula is C15H16ClN3O. The van der Waals surface area contributed by atoms with Gasteiger partial charge in [0.25, 0.3) is 5.91 Å². The van der Waals surface area contributed by atoms with Crippen molar-refractivity contribution in [1.29, 1.82) is 0 Å². The zero-order valence-electron chi connectivity index (χ0n) is 11.4. The van der Waals surface area contributed by atoms with Gasteiger partial charge in [-0.15, -0.1) is 0 Å². The van der Waals surface area contributed by atoms with E-state index < -0.39 is 0 Å². The molecule has 104 valence electrons. The van der Waals surface area contributed by atoms with Crippen LogP contribution >= 0.6 is 11.6 Å². The number of nitrogens with two attached hydrogens (primary N) is 1. The summed E-state index contributed by atoms with van der Waals surface area (Å²) in [5.41, 5.74) is 7.41. The van der Waals surface area contributed by atoms with Crippen LogP contribution in [0.4, 0.5) is 5.69 Å². The number of carbonyl (C=O) groups is 1. The lowest BCUT2D eigenvalue weighted by Gasteiger charge is -2.25. The molecule has 0 saturated carbocycles. The molecule has 0 radical (unpaired) electrons. The predicted octanol–water partition coefficient (Wildman–Crippen LogP) is 3.15. The van der Waals surface area contributed by atoms with E-state index in [1.807, 2.05) is 31.2 Å². The van der Waals surface area contributed by atoms with Gasteiger partial charge in [0.05, 0.1) is 6.04 Å². The average Bonchev–Trinajstić information content (AvgIpc) is 2.45.